The van der Waals surface area contributed by atoms with Gasteiger partial charge in [-0.2, -0.15) is 4.98 Å². The summed E-state index contributed by atoms with van der Waals surface area (Å²) in [5.74, 6) is 1.49. The Bertz CT molecular complexity index is 831. The summed E-state index contributed by atoms with van der Waals surface area (Å²) >= 11 is 0. The number of carbonyl (C=O) groups is 1. The van der Waals surface area contributed by atoms with Crippen molar-refractivity contribution in [3.8, 4) is 17.1 Å². The van der Waals surface area contributed by atoms with Crippen molar-refractivity contribution >= 4 is 11.6 Å². The molecule has 1 heterocycles. The SMILES string of the molecule is CCOc1ccccc1NC(=O)CCc1nc(-c2ccccc2)no1. The Balaban J connectivity index is 1.57. The second kappa shape index (κ2) is 8.10. The van der Waals surface area contributed by atoms with E-state index in [1.807, 2.05) is 61.5 Å². The van der Waals surface area contributed by atoms with Crippen LogP contribution in [0.4, 0.5) is 5.69 Å². The van der Waals surface area contributed by atoms with E-state index in [9.17, 15) is 4.79 Å². The molecule has 0 atom stereocenters. The van der Waals surface area contributed by atoms with Crippen LogP contribution in [0.1, 0.15) is 19.2 Å². The minimum absolute atomic E-state index is 0.133. The highest BCUT2D eigenvalue weighted by Crippen LogP contribution is 2.24. The first-order valence-corrected chi connectivity index (χ1v) is 8.16. The van der Waals surface area contributed by atoms with Crippen molar-refractivity contribution < 1.29 is 14.1 Å². The number of amides is 1. The maximum atomic E-state index is 12.2. The Morgan fingerprint density at radius 2 is 1.88 bits per heavy atom. The van der Waals surface area contributed by atoms with E-state index in [1.165, 1.54) is 0 Å². The zero-order valence-corrected chi connectivity index (χ0v) is 13.9. The van der Waals surface area contributed by atoms with Crippen LogP contribution in [0.5, 0.6) is 5.75 Å². The molecule has 0 saturated heterocycles. The quantitative estimate of drug-likeness (QED) is 0.711. The molecule has 0 unspecified atom stereocenters. The van der Waals surface area contributed by atoms with Gasteiger partial charge in [0.15, 0.2) is 0 Å². The van der Waals surface area contributed by atoms with E-state index in [1.54, 1.807) is 0 Å². The third-order valence-corrected chi connectivity index (χ3v) is 3.53. The van der Waals surface area contributed by atoms with Crippen molar-refractivity contribution in [2.45, 2.75) is 19.8 Å². The van der Waals surface area contributed by atoms with E-state index < -0.39 is 0 Å². The van der Waals surface area contributed by atoms with Crippen LogP contribution in [0.15, 0.2) is 59.1 Å². The van der Waals surface area contributed by atoms with Crippen molar-refractivity contribution in [2.75, 3.05) is 11.9 Å². The lowest BCUT2D eigenvalue weighted by molar-refractivity contribution is -0.116. The van der Waals surface area contributed by atoms with Crippen molar-refractivity contribution in [1.29, 1.82) is 0 Å². The van der Waals surface area contributed by atoms with Gasteiger partial charge in [0.1, 0.15) is 5.75 Å². The molecule has 0 aliphatic carbocycles. The molecule has 0 aliphatic rings. The van der Waals surface area contributed by atoms with Crippen LogP contribution in [0.3, 0.4) is 0 Å². The van der Waals surface area contributed by atoms with Crippen LogP contribution in [0.2, 0.25) is 0 Å². The monoisotopic (exact) mass is 337 g/mol. The lowest BCUT2D eigenvalue weighted by Gasteiger charge is -2.10. The number of para-hydroxylation sites is 2. The number of hydrogen-bond donors (Lipinski definition) is 1. The highest BCUT2D eigenvalue weighted by atomic mass is 16.5. The number of anilines is 1. The number of aromatic nitrogens is 2. The van der Waals surface area contributed by atoms with E-state index in [0.717, 1.165) is 5.56 Å². The highest BCUT2D eigenvalue weighted by molar-refractivity contribution is 5.92. The molecule has 3 rings (SSSR count). The van der Waals surface area contributed by atoms with E-state index in [-0.39, 0.29) is 12.3 Å². The van der Waals surface area contributed by atoms with Crippen LogP contribution in [-0.2, 0) is 11.2 Å². The molecule has 0 radical (unpaired) electrons. The average molecular weight is 337 g/mol. The van der Waals surface area contributed by atoms with Gasteiger partial charge in [0.05, 0.1) is 12.3 Å². The molecule has 0 aliphatic heterocycles. The first-order chi connectivity index (χ1) is 12.3. The van der Waals surface area contributed by atoms with Gasteiger partial charge in [0, 0.05) is 18.4 Å². The van der Waals surface area contributed by atoms with Crippen molar-refractivity contribution in [3.05, 3.63) is 60.5 Å². The van der Waals surface area contributed by atoms with Gasteiger partial charge in [-0.15, -0.1) is 0 Å². The Morgan fingerprint density at radius 3 is 2.68 bits per heavy atom. The predicted octanol–water partition coefficient (Wildman–Crippen LogP) is 3.71. The third-order valence-electron chi connectivity index (χ3n) is 3.53. The van der Waals surface area contributed by atoms with Crippen LogP contribution in [0, 0.1) is 0 Å². The first kappa shape index (κ1) is 16.7. The Hall–Kier alpha value is -3.15. The zero-order valence-electron chi connectivity index (χ0n) is 13.9. The molecule has 0 saturated carbocycles. The fraction of sp³-hybridized carbons (Fsp3) is 0.211. The molecule has 128 valence electrons. The molecule has 3 aromatic rings. The molecule has 25 heavy (non-hydrogen) atoms. The summed E-state index contributed by atoms with van der Waals surface area (Å²) in [6, 6.07) is 16.9. The lowest BCUT2D eigenvalue weighted by atomic mass is 10.2. The second-order valence-corrected chi connectivity index (χ2v) is 5.36. The first-order valence-electron chi connectivity index (χ1n) is 8.16. The number of rotatable bonds is 7. The van der Waals surface area contributed by atoms with Crippen LogP contribution in [-0.4, -0.2) is 22.7 Å². The molecule has 2 aromatic carbocycles. The number of benzene rings is 2. The van der Waals surface area contributed by atoms with E-state index in [4.69, 9.17) is 9.26 Å². The van der Waals surface area contributed by atoms with Gasteiger partial charge < -0.3 is 14.6 Å². The third kappa shape index (κ3) is 4.44. The smallest absolute Gasteiger partial charge is 0.227 e. The van der Waals surface area contributed by atoms with Crippen molar-refractivity contribution in [1.82, 2.24) is 10.1 Å². The average Bonchev–Trinajstić information content (AvgIpc) is 3.12. The maximum Gasteiger partial charge on any atom is 0.227 e. The molecular weight excluding hydrogens is 318 g/mol. The molecule has 6 heteroatoms. The fourth-order valence-corrected chi connectivity index (χ4v) is 2.35. The largest absolute Gasteiger partial charge is 0.492 e. The number of nitrogens with zero attached hydrogens (tertiary/aromatic N) is 2. The Morgan fingerprint density at radius 1 is 1.12 bits per heavy atom. The topological polar surface area (TPSA) is 77.2 Å². The molecule has 1 amide bonds. The number of ether oxygens (including phenoxy) is 1. The Labute approximate surface area is 145 Å². The minimum atomic E-state index is -0.133. The summed E-state index contributed by atoms with van der Waals surface area (Å²) in [5.41, 5.74) is 1.54. The number of aryl methyl sites for hydroxylation is 1. The van der Waals surface area contributed by atoms with Crippen LogP contribution in [0.25, 0.3) is 11.4 Å². The molecule has 0 bridgehead atoms. The lowest BCUT2D eigenvalue weighted by Crippen LogP contribution is -2.13. The van der Waals surface area contributed by atoms with Crippen molar-refractivity contribution in [3.63, 3.8) is 0 Å². The van der Waals surface area contributed by atoms with Gasteiger partial charge in [-0.3, -0.25) is 4.79 Å². The molecule has 1 N–H and O–H groups in total. The molecule has 0 fully saturated rings. The summed E-state index contributed by atoms with van der Waals surface area (Å²) in [5, 5.41) is 6.80. The van der Waals surface area contributed by atoms with Gasteiger partial charge in [0.2, 0.25) is 17.6 Å². The zero-order chi connectivity index (χ0) is 17.5. The van der Waals surface area contributed by atoms with Gasteiger partial charge in [-0.05, 0) is 19.1 Å². The minimum Gasteiger partial charge on any atom is -0.492 e. The highest BCUT2D eigenvalue weighted by Gasteiger charge is 2.12. The standard InChI is InChI=1S/C19H19N3O3/c1-2-24-16-11-7-6-10-15(16)20-17(23)12-13-18-21-19(22-25-18)14-8-4-3-5-9-14/h3-11H,2,12-13H2,1H3,(H,20,23). The van der Waals surface area contributed by atoms with E-state index in [2.05, 4.69) is 15.5 Å². The van der Waals surface area contributed by atoms with Gasteiger partial charge in [0.25, 0.3) is 0 Å². The second-order valence-electron chi connectivity index (χ2n) is 5.36. The van der Waals surface area contributed by atoms with E-state index >= 15 is 0 Å². The molecular formula is C19H19N3O3. The molecule has 6 nitrogen and oxygen atoms in total. The van der Waals surface area contributed by atoms with Gasteiger partial charge in [-0.25, -0.2) is 0 Å². The van der Waals surface area contributed by atoms with Crippen LogP contribution < -0.4 is 10.1 Å². The number of hydrogen-bond acceptors (Lipinski definition) is 5. The maximum absolute atomic E-state index is 12.2. The molecule has 1 aromatic heterocycles. The van der Waals surface area contributed by atoms with E-state index in [0.29, 0.717) is 36.2 Å². The van der Waals surface area contributed by atoms with Gasteiger partial charge in [-0.1, -0.05) is 47.6 Å². The number of nitrogens with one attached hydrogen (secondary N) is 1. The summed E-state index contributed by atoms with van der Waals surface area (Å²) < 4.78 is 10.7. The summed E-state index contributed by atoms with van der Waals surface area (Å²) in [6.45, 7) is 2.44. The van der Waals surface area contributed by atoms with Gasteiger partial charge >= 0.3 is 0 Å². The van der Waals surface area contributed by atoms with Crippen molar-refractivity contribution in [2.24, 2.45) is 0 Å². The normalized spacial score (nSPS) is 10.4. The number of carbonyl (C=O) groups excluding carboxylic acids is 1. The fourth-order valence-electron chi connectivity index (χ4n) is 2.35. The van der Waals surface area contributed by atoms with Crippen LogP contribution >= 0.6 is 0 Å². The molecule has 0 spiro atoms. The predicted molar refractivity (Wildman–Crippen MR) is 94.3 cm³/mol. The summed E-state index contributed by atoms with van der Waals surface area (Å²) in [4.78, 5) is 16.5. The summed E-state index contributed by atoms with van der Waals surface area (Å²) in [7, 11) is 0. The Kier molecular flexibility index (Phi) is 5.41. The summed E-state index contributed by atoms with van der Waals surface area (Å²) in [6.07, 6.45) is 0.624.